The average Bonchev–Trinajstić information content (AvgIpc) is 3.13. The van der Waals surface area contributed by atoms with Crippen LogP contribution in [0.15, 0.2) is 6.20 Å². The van der Waals surface area contributed by atoms with E-state index in [1.165, 1.54) is 25.7 Å². The second-order valence-electron chi connectivity index (χ2n) is 6.60. The van der Waals surface area contributed by atoms with E-state index < -0.39 is 0 Å². The summed E-state index contributed by atoms with van der Waals surface area (Å²) >= 11 is 0. The minimum Gasteiger partial charge on any atom is -0.493 e. The van der Waals surface area contributed by atoms with Crippen molar-refractivity contribution < 1.29 is 4.74 Å². The van der Waals surface area contributed by atoms with Gasteiger partial charge in [-0.15, -0.1) is 0 Å². The third-order valence-corrected chi connectivity index (χ3v) is 5.29. The molecule has 0 spiro atoms. The summed E-state index contributed by atoms with van der Waals surface area (Å²) in [6.07, 6.45) is 9.68. The Balaban J connectivity index is 1.72. The minimum atomic E-state index is 0.0587. The highest BCUT2D eigenvalue weighted by Gasteiger charge is 2.40. The lowest BCUT2D eigenvalue weighted by Gasteiger charge is -2.25. The molecule has 3 rings (SSSR count). The van der Waals surface area contributed by atoms with Crippen molar-refractivity contribution in [1.29, 1.82) is 0 Å². The average molecular weight is 277 g/mol. The SMILES string of the molecule is CCCn1ncc(OC)c1C(N)CC1CC2CCC1C2. The molecular formula is C16H27N3O. The number of methoxy groups -OCH3 is 1. The molecule has 20 heavy (non-hydrogen) atoms. The van der Waals surface area contributed by atoms with Gasteiger partial charge in [-0.25, -0.2) is 0 Å². The maximum Gasteiger partial charge on any atom is 0.161 e. The molecule has 0 aliphatic heterocycles. The molecule has 4 atom stereocenters. The molecule has 4 heteroatoms. The van der Waals surface area contributed by atoms with Crippen molar-refractivity contribution in [2.75, 3.05) is 7.11 Å². The zero-order chi connectivity index (χ0) is 14.1. The van der Waals surface area contributed by atoms with Gasteiger partial charge in [0.2, 0.25) is 0 Å². The number of hydrogen-bond acceptors (Lipinski definition) is 3. The van der Waals surface area contributed by atoms with Gasteiger partial charge in [-0.2, -0.15) is 5.10 Å². The van der Waals surface area contributed by atoms with Gasteiger partial charge in [0.25, 0.3) is 0 Å². The molecule has 0 saturated heterocycles. The van der Waals surface area contributed by atoms with Crippen LogP contribution in [-0.4, -0.2) is 16.9 Å². The summed E-state index contributed by atoms with van der Waals surface area (Å²) in [5.41, 5.74) is 7.61. The number of ether oxygens (including phenoxy) is 1. The predicted octanol–water partition coefficient (Wildman–Crippen LogP) is 3.13. The second-order valence-corrected chi connectivity index (χ2v) is 6.60. The van der Waals surface area contributed by atoms with Gasteiger partial charge in [0, 0.05) is 6.54 Å². The molecule has 1 aromatic heterocycles. The smallest absolute Gasteiger partial charge is 0.161 e. The fourth-order valence-corrected chi connectivity index (χ4v) is 4.40. The molecule has 1 heterocycles. The fraction of sp³-hybridized carbons (Fsp3) is 0.812. The molecule has 1 aromatic rings. The number of hydrogen-bond donors (Lipinski definition) is 1. The van der Waals surface area contributed by atoms with Crippen LogP contribution < -0.4 is 10.5 Å². The van der Waals surface area contributed by atoms with Crippen LogP contribution in [0.2, 0.25) is 0 Å². The van der Waals surface area contributed by atoms with E-state index >= 15 is 0 Å². The zero-order valence-corrected chi connectivity index (χ0v) is 12.7. The first-order valence-corrected chi connectivity index (χ1v) is 8.08. The van der Waals surface area contributed by atoms with Crippen LogP contribution in [-0.2, 0) is 6.54 Å². The van der Waals surface area contributed by atoms with E-state index in [9.17, 15) is 0 Å². The number of nitrogens with zero attached hydrogens (tertiary/aromatic N) is 2. The van der Waals surface area contributed by atoms with Gasteiger partial charge in [-0.1, -0.05) is 13.3 Å². The van der Waals surface area contributed by atoms with Gasteiger partial charge in [-0.05, 0) is 49.9 Å². The van der Waals surface area contributed by atoms with Crippen LogP contribution in [0, 0.1) is 17.8 Å². The first-order chi connectivity index (χ1) is 9.72. The Labute approximate surface area is 121 Å². The lowest BCUT2D eigenvalue weighted by molar-refractivity contribution is 0.288. The summed E-state index contributed by atoms with van der Waals surface area (Å²) in [6, 6.07) is 0.0587. The number of nitrogens with two attached hydrogens (primary N) is 1. The normalized spacial score (nSPS) is 29.9. The highest BCUT2D eigenvalue weighted by atomic mass is 16.5. The molecule has 2 fully saturated rings. The number of fused-ring (bicyclic) bond motifs is 2. The summed E-state index contributed by atoms with van der Waals surface area (Å²) < 4.78 is 7.49. The van der Waals surface area contributed by atoms with Crippen molar-refractivity contribution in [1.82, 2.24) is 9.78 Å². The minimum absolute atomic E-state index is 0.0587. The van der Waals surface area contributed by atoms with Gasteiger partial charge in [0.1, 0.15) is 0 Å². The van der Waals surface area contributed by atoms with E-state index in [1.54, 1.807) is 7.11 Å². The molecule has 0 aromatic carbocycles. The summed E-state index contributed by atoms with van der Waals surface area (Å²) in [5, 5.41) is 4.43. The summed E-state index contributed by atoms with van der Waals surface area (Å²) in [6.45, 7) is 3.09. The molecule has 0 radical (unpaired) electrons. The Hall–Kier alpha value is -1.03. The Morgan fingerprint density at radius 3 is 2.90 bits per heavy atom. The van der Waals surface area contributed by atoms with E-state index in [0.717, 1.165) is 48.6 Å². The summed E-state index contributed by atoms with van der Waals surface area (Å²) in [4.78, 5) is 0. The van der Waals surface area contributed by atoms with Crippen molar-refractivity contribution in [3.63, 3.8) is 0 Å². The molecule has 112 valence electrons. The van der Waals surface area contributed by atoms with Gasteiger partial charge in [0.05, 0.1) is 25.0 Å². The monoisotopic (exact) mass is 277 g/mol. The Morgan fingerprint density at radius 2 is 2.30 bits per heavy atom. The molecule has 4 nitrogen and oxygen atoms in total. The molecule has 2 aliphatic carbocycles. The molecular weight excluding hydrogens is 250 g/mol. The first kappa shape index (κ1) is 13.9. The van der Waals surface area contributed by atoms with Crippen molar-refractivity contribution in [3.05, 3.63) is 11.9 Å². The van der Waals surface area contributed by atoms with Crippen molar-refractivity contribution >= 4 is 0 Å². The van der Waals surface area contributed by atoms with E-state index in [2.05, 4.69) is 12.0 Å². The molecule has 4 unspecified atom stereocenters. The molecule has 2 N–H and O–H groups in total. The van der Waals surface area contributed by atoms with E-state index in [1.807, 2.05) is 10.9 Å². The van der Waals surface area contributed by atoms with Crippen LogP contribution >= 0.6 is 0 Å². The third-order valence-electron chi connectivity index (χ3n) is 5.29. The van der Waals surface area contributed by atoms with Gasteiger partial charge < -0.3 is 10.5 Å². The third kappa shape index (κ3) is 2.46. The molecule has 2 saturated carbocycles. The van der Waals surface area contributed by atoms with Crippen LogP contribution in [0.1, 0.15) is 57.2 Å². The Morgan fingerprint density at radius 1 is 1.45 bits per heavy atom. The number of aryl methyl sites for hydroxylation is 1. The number of aromatic nitrogens is 2. The lowest BCUT2D eigenvalue weighted by Crippen LogP contribution is -2.22. The van der Waals surface area contributed by atoms with Gasteiger partial charge in [0.15, 0.2) is 5.75 Å². The van der Waals surface area contributed by atoms with Gasteiger partial charge in [-0.3, -0.25) is 4.68 Å². The second kappa shape index (κ2) is 5.76. The lowest BCUT2D eigenvalue weighted by atomic mass is 9.83. The predicted molar refractivity (Wildman–Crippen MR) is 79.6 cm³/mol. The van der Waals surface area contributed by atoms with Crippen LogP contribution in [0.5, 0.6) is 5.75 Å². The van der Waals surface area contributed by atoms with Crippen molar-refractivity contribution in [3.8, 4) is 5.75 Å². The van der Waals surface area contributed by atoms with E-state index in [0.29, 0.717) is 0 Å². The van der Waals surface area contributed by atoms with Crippen LogP contribution in [0.3, 0.4) is 0 Å². The Bertz CT molecular complexity index is 457. The quantitative estimate of drug-likeness (QED) is 0.869. The summed E-state index contributed by atoms with van der Waals surface area (Å²) in [5.74, 6) is 3.59. The highest BCUT2D eigenvalue weighted by Crippen LogP contribution is 2.51. The Kier molecular flexibility index (Phi) is 4.01. The zero-order valence-electron chi connectivity index (χ0n) is 12.7. The standard InChI is InChI=1S/C16H27N3O/c1-3-6-19-16(15(20-2)10-18-19)14(17)9-13-8-11-4-5-12(13)7-11/h10-14H,3-9,17H2,1-2H3. The molecule has 0 amide bonds. The number of rotatable bonds is 6. The molecule has 2 bridgehead atoms. The fourth-order valence-electron chi connectivity index (χ4n) is 4.40. The molecule has 2 aliphatic rings. The van der Waals surface area contributed by atoms with Gasteiger partial charge >= 0.3 is 0 Å². The van der Waals surface area contributed by atoms with E-state index in [-0.39, 0.29) is 6.04 Å². The van der Waals surface area contributed by atoms with Crippen LogP contribution in [0.25, 0.3) is 0 Å². The maximum absolute atomic E-state index is 6.52. The highest BCUT2D eigenvalue weighted by molar-refractivity contribution is 5.28. The topological polar surface area (TPSA) is 53.1 Å². The van der Waals surface area contributed by atoms with Crippen molar-refractivity contribution in [2.24, 2.45) is 23.5 Å². The van der Waals surface area contributed by atoms with Crippen molar-refractivity contribution in [2.45, 2.75) is 58.0 Å². The first-order valence-electron chi connectivity index (χ1n) is 8.08. The summed E-state index contributed by atoms with van der Waals surface area (Å²) in [7, 11) is 1.71. The van der Waals surface area contributed by atoms with E-state index in [4.69, 9.17) is 10.5 Å². The maximum atomic E-state index is 6.52. The largest absolute Gasteiger partial charge is 0.493 e. The van der Waals surface area contributed by atoms with Crippen LogP contribution in [0.4, 0.5) is 0 Å².